The molecular formula is C11H19N3O. The van der Waals surface area contributed by atoms with Gasteiger partial charge in [0.25, 0.3) is 0 Å². The van der Waals surface area contributed by atoms with Gasteiger partial charge in [0.05, 0.1) is 0 Å². The third-order valence-electron chi connectivity index (χ3n) is 3.19. The SMILES string of the molecule is CC(C)(C)N1CCC(c2ncon2)CC1. The summed E-state index contributed by atoms with van der Waals surface area (Å²) < 4.78 is 4.79. The fraction of sp³-hybridized carbons (Fsp3) is 0.818. The molecule has 0 aromatic carbocycles. The molecule has 84 valence electrons. The Bertz CT molecular complexity index is 294. The van der Waals surface area contributed by atoms with Crippen molar-refractivity contribution in [1.29, 1.82) is 0 Å². The Balaban J connectivity index is 1.93. The third kappa shape index (κ3) is 2.37. The molecule has 0 amide bonds. The second-order valence-electron chi connectivity index (χ2n) is 5.22. The van der Waals surface area contributed by atoms with Crippen molar-refractivity contribution in [3.63, 3.8) is 0 Å². The van der Waals surface area contributed by atoms with Crippen LogP contribution in [-0.4, -0.2) is 33.7 Å². The van der Waals surface area contributed by atoms with Crippen LogP contribution in [-0.2, 0) is 0 Å². The molecule has 0 N–H and O–H groups in total. The first-order valence-electron chi connectivity index (χ1n) is 5.58. The van der Waals surface area contributed by atoms with Gasteiger partial charge in [-0.1, -0.05) is 5.16 Å². The summed E-state index contributed by atoms with van der Waals surface area (Å²) in [6.07, 6.45) is 3.69. The molecule has 0 spiro atoms. The Morgan fingerprint density at radius 3 is 2.47 bits per heavy atom. The highest BCUT2D eigenvalue weighted by atomic mass is 16.5. The minimum atomic E-state index is 0.280. The Morgan fingerprint density at radius 2 is 2.00 bits per heavy atom. The summed E-state index contributed by atoms with van der Waals surface area (Å²) in [7, 11) is 0. The topological polar surface area (TPSA) is 42.2 Å². The number of hydrogen-bond acceptors (Lipinski definition) is 4. The largest absolute Gasteiger partial charge is 0.343 e. The van der Waals surface area contributed by atoms with Crippen LogP contribution in [0.15, 0.2) is 10.9 Å². The summed E-state index contributed by atoms with van der Waals surface area (Å²) in [5.41, 5.74) is 0.280. The number of piperidine rings is 1. The van der Waals surface area contributed by atoms with Crippen LogP contribution in [0.25, 0.3) is 0 Å². The van der Waals surface area contributed by atoms with Crippen LogP contribution in [0.1, 0.15) is 45.4 Å². The molecule has 1 aliphatic heterocycles. The lowest BCUT2D eigenvalue weighted by atomic mass is 9.92. The Morgan fingerprint density at radius 1 is 1.33 bits per heavy atom. The molecule has 0 bridgehead atoms. The lowest BCUT2D eigenvalue weighted by Gasteiger charge is -2.40. The van der Waals surface area contributed by atoms with Crippen molar-refractivity contribution in [1.82, 2.24) is 15.0 Å². The molecule has 1 aromatic heterocycles. The van der Waals surface area contributed by atoms with Gasteiger partial charge in [0.1, 0.15) is 0 Å². The molecular weight excluding hydrogens is 190 g/mol. The van der Waals surface area contributed by atoms with Gasteiger partial charge in [0, 0.05) is 11.5 Å². The van der Waals surface area contributed by atoms with Crippen LogP contribution in [0, 0.1) is 0 Å². The predicted molar refractivity (Wildman–Crippen MR) is 57.6 cm³/mol. The number of nitrogens with zero attached hydrogens (tertiary/aromatic N) is 3. The van der Waals surface area contributed by atoms with Gasteiger partial charge in [0.15, 0.2) is 5.82 Å². The van der Waals surface area contributed by atoms with Crippen molar-refractivity contribution >= 4 is 0 Å². The van der Waals surface area contributed by atoms with Gasteiger partial charge in [-0.05, 0) is 46.7 Å². The molecule has 0 radical (unpaired) electrons. The lowest BCUT2D eigenvalue weighted by molar-refractivity contribution is 0.100. The summed E-state index contributed by atoms with van der Waals surface area (Å²) in [5, 5.41) is 3.92. The zero-order chi connectivity index (χ0) is 10.9. The summed E-state index contributed by atoms with van der Waals surface area (Å²) in [4.78, 5) is 6.65. The highest BCUT2D eigenvalue weighted by molar-refractivity contribution is 4.96. The monoisotopic (exact) mass is 209 g/mol. The fourth-order valence-corrected chi connectivity index (χ4v) is 2.17. The molecule has 4 heteroatoms. The minimum absolute atomic E-state index is 0.280. The van der Waals surface area contributed by atoms with E-state index in [-0.39, 0.29) is 5.54 Å². The molecule has 1 fully saturated rings. The fourth-order valence-electron chi connectivity index (χ4n) is 2.17. The molecule has 0 unspecified atom stereocenters. The molecule has 1 aromatic rings. The van der Waals surface area contributed by atoms with Gasteiger partial charge < -0.3 is 4.52 Å². The third-order valence-corrected chi connectivity index (χ3v) is 3.19. The summed E-state index contributed by atoms with van der Waals surface area (Å²) in [6.45, 7) is 9.05. The average Bonchev–Trinajstić information content (AvgIpc) is 2.69. The number of rotatable bonds is 1. The van der Waals surface area contributed by atoms with Crippen molar-refractivity contribution in [2.75, 3.05) is 13.1 Å². The van der Waals surface area contributed by atoms with Crippen LogP contribution >= 0.6 is 0 Å². The summed E-state index contributed by atoms with van der Waals surface area (Å²) in [5.74, 6) is 1.37. The van der Waals surface area contributed by atoms with Crippen molar-refractivity contribution < 1.29 is 4.52 Å². The maximum absolute atomic E-state index is 4.79. The quantitative estimate of drug-likeness (QED) is 0.710. The Kier molecular flexibility index (Phi) is 2.78. The smallest absolute Gasteiger partial charge is 0.213 e. The maximum Gasteiger partial charge on any atom is 0.213 e. The van der Waals surface area contributed by atoms with Crippen LogP contribution in [0.4, 0.5) is 0 Å². The van der Waals surface area contributed by atoms with Crippen LogP contribution in [0.3, 0.4) is 0 Å². The maximum atomic E-state index is 4.79. The molecule has 15 heavy (non-hydrogen) atoms. The zero-order valence-electron chi connectivity index (χ0n) is 9.73. The molecule has 0 atom stereocenters. The van der Waals surface area contributed by atoms with Crippen LogP contribution in [0.5, 0.6) is 0 Å². The highest BCUT2D eigenvalue weighted by Crippen LogP contribution is 2.28. The first-order valence-corrected chi connectivity index (χ1v) is 5.58. The molecule has 2 rings (SSSR count). The van der Waals surface area contributed by atoms with Crippen LogP contribution in [0.2, 0.25) is 0 Å². The molecule has 2 heterocycles. The van der Waals surface area contributed by atoms with E-state index in [1.54, 1.807) is 0 Å². The van der Waals surface area contributed by atoms with Crippen LogP contribution < -0.4 is 0 Å². The van der Waals surface area contributed by atoms with Gasteiger partial charge in [-0.3, -0.25) is 4.90 Å². The van der Waals surface area contributed by atoms with Gasteiger partial charge in [0.2, 0.25) is 6.39 Å². The van der Waals surface area contributed by atoms with E-state index in [1.165, 1.54) is 6.39 Å². The Labute approximate surface area is 90.7 Å². The zero-order valence-corrected chi connectivity index (χ0v) is 9.73. The first kappa shape index (κ1) is 10.6. The highest BCUT2D eigenvalue weighted by Gasteiger charge is 2.29. The number of likely N-dealkylation sites (tertiary alicyclic amines) is 1. The van der Waals surface area contributed by atoms with E-state index >= 15 is 0 Å². The molecule has 0 saturated carbocycles. The van der Waals surface area contributed by atoms with E-state index in [0.29, 0.717) is 5.92 Å². The van der Waals surface area contributed by atoms with Gasteiger partial charge >= 0.3 is 0 Å². The van der Waals surface area contributed by atoms with E-state index in [2.05, 4.69) is 35.8 Å². The molecule has 4 nitrogen and oxygen atoms in total. The summed E-state index contributed by atoms with van der Waals surface area (Å²) >= 11 is 0. The van der Waals surface area contributed by atoms with E-state index in [1.807, 2.05) is 0 Å². The van der Waals surface area contributed by atoms with Crippen molar-refractivity contribution in [2.45, 2.75) is 45.1 Å². The molecule has 1 saturated heterocycles. The Hall–Kier alpha value is -0.900. The second kappa shape index (κ2) is 3.93. The van der Waals surface area contributed by atoms with E-state index in [9.17, 15) is 0 Å². The lowest BCUT2D eigenvalue weighted by Crippen LogP contribution is -2.45. The van der Waals surface area contributed by atoms with Gasteiger partial charge in [-0.25, -0.2) is 0 Å². The molecule has 1 aliphatic rings. The summed E-state index contributed by atoms with van der Waals surface area (Å²) in [6, 6.07) is 0. The van der Waals surface area contributed by atoms with Crippen molar-refractivity contribution in [3.8, 4) is 0 Å². The van der Waals surface area contributed by atoms with E-state index < -0.39 is 0 Å². The standard InChI is InChI=1S/C11H19N3O/c1-11(2,3)14-6-4-9(5-7-14)10-12-8-15-13-10/h8-9H,4-7H2,1-3H3. The van der Waals surface area contributed by atoms with E-state index in [4.69, 9.17) is 4.52 Å². The van der Waals surface area contributed by atoms with Crippen molar-refractivity contribution in [3.05, 3.63) is 12.2 Å². The van der Waals surface area contributed by atoms with E-state index in [0.717, 1.165) is 31.8 Å². The predicted octanol–water partition coefficient (Wildman–Crippen LogP) is 2.05. The number of aromatic nitrogens is 2. The van der Waals surface area contributed by atoms with Crippen molar-refractivity contribution in [2.24, 2.45) is 0 Å². The normalized spacial score (nSPS) is 20.7. The number of hydrogen-bond donors (Lipinski definition) is 0. The average molecular weight is 209 g/mol. The second-order valence-corrected chi connectivity index (χ2v) is 5.22. The first-order chi connectivity index (χ1) is 7.07. The van der Waals surface area contributed by atoms with Gasteiger partial charge in [-0.2, -0.15) is 4.98 Å². The minimum Gasteiger partial charge on any atom is -0.343 e. The van der Waals surface area contributed by atoms with Gasteiger partial charge in [-0.15, -0.1) is 0 Å². The molecule has 0 aliphatic carbocycles.